The Balaban J connectivity index is 1.63. The van der Waals surface area contributed by atoms with Gasteiger partial charge in [0, 0.05) is 24.8 Å². The second-order valence-electron chi connectivity index (χ2n) is 6.93. The molecule has 2 aromatic carbocycles. The molecule has 26 heavy (non-hydrogen) atoms. The van der Waals surface area contributed by atoms with E-state index in [1.807, 2.05) is 19.1 Å². The summed E-state index contributed by atoms with van der Waals surface area (Å²) < 4.78 is 5.32. The number of nitrogens with zero attached hydrogens (tertiary/aromatic N) is 1. The minimum atomic E-state index is -0.459. The molecule has 5 heteroatoms. The van der Waals surface area contributed by atoms with E-state index < -0.39 is 6.03 Å². The van der Waals surface area contributed by atoms with Crippen LogP contribution in [0, 0.1) is 0 Å². The molecule has 1 aliphatic heterocycles. The van der Waals surface area contributed by atoms with Gasteiger partial charge in [-0.2, -0.15) is 0 Å². The number of benzene rings is 2. The second kappa shape index (κ2) is 8.13. The number of ether oxygens (including phenoxy) is 1. The van der Waals surface area contributed by atoms with Gasteiger partial charge in [-0.05, 0) is 61.1 Å². The molecule has 1 aliphatic rings. The summed E-state index contributed by atoms with van der Waals surface area (Å²) >= 11 is 0. The van der Waals surface area contributed by atoms with Crippen molar-refractivity contribution in [2.75, 3.05) is 18.6 Å². The molecule has 0 bridgehead atoms. The molecule has 1 unspecified atom stereocenters. The third-order valence-corrected chi connectivity index (χ3v) is 4.90. The van der Waals surface area contributed by atoms with Crippen molar-refractivity contribution >= 4 is 11.7 Å². The fourth-order valence-corrected chi connectivity index (χ4v) is 3.53. The number of aryl methyl sites for hydroxylation is 1. The highest BCUT2D eigenvalue weighted by Crippen LogP contribution is 2.31. The molecule has 138 valence electrons. The number of urea groups is 1. The van der Waals surface area contributed by atoms with E-state index >= 15 is 0 Å². The predicted octanol–water partition coefficient (Wildman–Crippen LogP) is 3.25. The Labute approximate surface area is 155 Å². The van der Waals surface area contributed by atoms with Gasteiger partial charge in [0.1, 0.15) is 5.75 Å². The first-order valence-electron chi connectivity index (χ1n) is 9.11. The summed E-state index contributed by atoms with van der Waals surface area (Å²) in [6.45, 7) is 3.91. The molecule has 0 fully saturated rings. The topological polar surface area (TPSA) is 67.6 Å². The van der Waals surface area contributed by atoms with Gasteiger partial charge in [0.15, 0.2) is 0 Å². The largest absolute Gasteiger partial charge is 0.497 e. The zero-order valence-electron chi connectivity index (χ0n) is 15.5. The highest BCUT2D eigenvalue weighted by Gasteiger charge is 2.19. The van der Waals surface area contributed by atoms with Crippen LogP contribution in [0.5, 0.6) is 5.75 Å². The highest BCUT2D eigenvalue weighted by atomic mass is 16.5. The quantitative estimate of drug-likeness (QED) is 0.803. The molecule has 5 nitrogen and oxygen atoms in total. The van der Waals surface area contributed by atoms with E-state index in [4.69, 9.17) is 10.5 Å². The van der Waals surface area contributed by atoms with E-state index in [1.165, 1.54) is 22.4 Å². The van der Waals surface area contributed by atoms with Crippen LogP contribution in [0.2, 0.25) is 0 Å². The third-order valence-electron chi connectivity index (χ3n) is 4.90. The highest BCUT2D eigenvalue weighted by molar-refractivity contribution is 5.71. The van der Waals surface area contributed by atoms with Crippen molar-refractivity contribution in [3.63, 3.8) is 0 Å². The van der Waals surface area contributed by atoms with Crippen molar-refractivity contribution in [2.45, 2.75) is 38.8 Å². The molecule has 0 aliphatic carbocycles. The zero-order valence-corrected chi connectivity index (χ0v) is 15.5. The van der Waals surface area contributed by atoms with Crippen molar-refractivity contribution in [1.29, 1.82) is 0 Å². The van der Waals surface area contributed by atoms with Crippen LogP contribution in [0.15, 0.2) is 42.5 Å². The number of amides is 2. The van der Waals surface area contributed by atoms with Crippen LogP contribution in [-0.2, 0) is 19.4 Å². The SMILES string of the molecule is COc1cccc(CN2CCc3cc(CCC(C)NC(N)=O)ccc32)c1. The molecule has 1 atom stereocenters. The molecule has 0 saturated carbocycles. The van der Waals surface area contributed by atoms with Crippen LogP contribution in [0.25, 0.3) is 0 Å². The van der Waals surface area contributed by atoms with E-state index in [9.17, 15) is 4.79 Å². The summed E-state index contributed by atoms with van der Waals surface area (Å²) in [5, 5.41) is 2.73. The van der Waals surface area contributed by atoms with E-state index in [0.29, 0.717) is 0 Å². The summed E-state index contributed by atoms with van der Waals surface area (Å²) in [7, 11) is 1.70. The smallest absolute Gasteiger partial charge is 0.312 e. The number of carbonyl (C=O) groups is 1. The molecule has 0 saturated heterocycles. The minimum Gasteiger partial charge on any atom is -0.497 e. The van der Waals surface area contributed by atoms with Crippen molar-refractivity contribution < 1.29 is 9.53 Å². The molecule has 2 amide bonds. The lowest BCUT2D eigenvalue weighted by Gasteiger charge is -2.20. The lowest BCUT2D eigenvalue weighted by atomic mass is 10.0. The van der Waals surface area contributed by atoms with Crippen LogP contribution in [0.3, 0.4) is 0 Å². The van der Waals surface area contributed by atoms with Crippen LogP contribution in [0.4, 0.5) is 10.5 Å². The van der Waals surface area contributed by atoms with Gasteiger partial charge in [-0.3, -0.25) is 0 Å². The maximum absolute atomic E-state index is 10.9. The number of rotatable bonds is 7. The van der Waals surface area contributed by atoms with Crippen LogP contribution < -0.4 is 20.7 Å². The Hall–Kier alpha value is -2.69. The van der Waals surface area contributed by atoms with E-state index in [-0.39, 0.29) is 6.04 Å². The van der Waals surface area contributed by atoms with Crippen molar-refractivity contribution in [2.24, 2.45) is 5.73 Å². The first kappa shape index (κ1) is 18.1. The van der Waals surface area contributed by atoms with E-state index in [2.05, 4.69) is 40.5 Å². The Morgan fingerprint density at radius 3 is 2.88 bits per heavy atom. The van der Waals surface area contributed by atoms with Gasteiger partial charge in [0.05, 0.1) is 7.11 Å². The number of nitrogens with two attached hydrogens (primary N) is 1. The lowest BCUT2D eigenvalue weighted by molar-refractivity contribution is 0.245. The Bertz CT molecular complexity index is 776. The van der Waals surface area contributed by atoms with Gasteiger partial charge in [0.2, 0.25) is 0 Å². The Morgan fingerprint density at radius 2 is 2.12 bits per heavy atom. The average molecular weight is 353 g/mol. The summed E-state index contributed by atoms with van der Waals surface area (Å²) in [6.07, 6.45) is 2.89. The zero-order chi connectivity index (χ0) is 18.5. The maximum atomic E-state index is 10.9. The standard InChI is InChI=1S/C21H27N3O2/c1-15(23-21(22)25)6-7-16-8-9-20-18(12-16)10-11-24(20)14-17-4-3-5-19(13-17)26-2/h3-5,8-9,12-13,15H,6-7,10-11,14H2,1-2H3,(H3,22,23,25). The molecular weight excluding hydrogens is 326 g/mol. The number of hydrogen-bond acceptors (Lipinski definition) is 3. The number of fused-ring (bicyclic) bond motifs is 1. The van der Waals surface area contributed by atoms with Crippen LogP contribution in [-0.4, -0.2) is 25.7 Å². The van der Waals surface area contributed by atoms with Gasteiger partial charge < -0.3 is 20.7 Å². The molecule has 0 radical (unpaired) electrons. The normalized spacial score (nSPS) is 14.0. The first-order chi connectivity index (χ1) is 12.5. The average Bonchev–Trinajstić information content (AvgIpc) is 3.02. The van der Waals surface area contributed by atoms with Gasteiger partial charge in [-0.25, -0.2) is 4.79 Å². The fourth-order valence-electron chi connectivity index (χ4n) is 3.53. The summed E-state index contributed by atoms with van der Waals surface area (Å²) in [6, 6.07) is 14.6. The Morgan fingerprint density at radius 1 is 1.27 bits per heavy atom. The van der Waals surface area contributed by atoms with Gasteiger partial charge >= 0.3 is 6.03 Å². The summed E-state index contributed by atoms with van der Waals surface area (Å²) in [5.41, 5.74) is 10.5. The molecule has 0 aromatic heterocycles. The third kappa shape index (κ3) is 4.48. The minimum absolute atomic E-state index is 0.0883. The van der Waals surface area contributed by atoms with Gasteiger partial charge in [-0.15, -0.1) is 0 Å². The summed E-state index contributed by atoms with van der Waals surface area (Å²) in [5.74, 6) is 0.899. The van der Waals surface area contributed by atoms with Crippen LogP contribution >= 0.6 is 0 Å². The molecule has 2 aromatic rings. The molecule has 1 heterocycles. The Kier molecular flexibility index (Phi) is 5.66. The van der Waals surface area contributed by atoms with Gasteiger partial charge in [-0.1, -0.05) is 24.3 Å². The van der Waals surface area contributed by atoms with E-state index in [1.54, 1.807) is 7.11 Å². The predicted molar refractivity (Wildman–Crippen MR) is 105 cm³/mol. The number of carbonyl (C=O) groups excluding carboxylic acids is 1. The van der Waals surface area contributed by atoms with Crippen molar-refractivity contribution in [3.8, 4) is 5.75 Å². The second-order valence-corrected chi connectivity index (χ2v) is 6.93. The number of anilines is 1. The fraction of sp³-hybridized carbons (Fsp3) is 0.381. The lowest BCUT2D eigenvalue weighted by Crippen LogP contribution is -2.36. The number of primary amides is 1. The van der Waals surface area contributed by atoms with Gasteiger partial charge in [0.25, 0.3) is 0 Å². The van der Waals surface area contributed by atoms with E-state index in [0.717, 1.165) is 38.1 Å². The molecular formula is C21H27N3O2. The molecule has 0 spiro atoms. The van der Waals surface area contributed by atoms with Crippen LogP contribution in [0.1, 0.15) is 30.0 Å². The summed E-state index contributed by atoms with van der Waals surface area (Å²) in [4.78, 5) is 13.3. The first-order valence-corrected chi connectivity index (χ1v) is 9.11. The van der Waals surface area contributed by atoms with Crippen molar-refractivity contribution in [1.82, 2.24) is 5.32 Å². The van der Waals surface area contributed by atoms with Crippen molar-refractivity contribution in [3.05, 3.63) is 59.2 Å². The molecule has 3 N–H and O–H groups in total. The molecule has 3 rings (SSSR count). The maximum Gasteiger partial charge on any atom is 0.312 e. The number of methoxy groups -OCH3 is 1. The number of nitrogens with one attached hydrogen (secondary N) is 1. The number of hydrogen-bond donors (Lipinski definition) is 2. The monoisotopic (exact) mass is 353 g/mol.